The Balaban J connectivity index is 2.05. The molecule has 1 atom stereocenters. The van der Waals surface area contributed by atoms with E-state index in [2.05, 4.69) is 0 Å². The number of para-hydroxylation sites is 1. The Bertz CT molecular complexity index is 809. The molecule has 0 fully saturated rings. The van der Waals surface area contributed by atoms with Gasteiger partial charge in [0, 0.05) is 5.39 Å². The SMILES string of the molecule is CCOC(=O)C(Oc1cccc2oc3ccccc3c12)SC. The van der Waals surface area contributed by atoms with Crippen LogP contribution in [0.15, 0.2) is 46.9 Å². The molecule has 22 heavy (non-hydrogen) atoms. The molecule has 0 aliphatic rings. The lowest BCUT2D eigenvalue weighted by atomic mass is 10.1. The lowest BCUT2D eigenvalue weighted by Crippen LogP contribution is -2.26. The van der Waals surface area contributed by atoms with Gasteiger partial charge in [-0.1, -0.05) is 24.3 Å². The Morgan fingerprint density at radius 2 is 1.95 bits per heavy atom. The second kappa shape index (κ2) is 6.32. The third-order valence-corrected chi connectivity index (χ3v) is 4.01. The molecule has 3 rings (SSSR count). The smallest absolute Gasteiger partial charge is 0.358 e. The monoisotopic (exact) mass is 316 g/mol. The molecule has 5 heteroatoms. The number of benzene rings is 2. The third kappa shape index (κ3) is 2.64. The first-order chi connectivity index (χ1) is 10.7. The van der Waals surface area contributed by atoms with Gasteiger partial charge in [0.05, 0.1) is 12.0 Å². The van der Waals surface area contributed by atoms with Gasteiger partial charge in [0.15, 0.2) is 0 Å². The van der Waals surface area contributed by atoms with Crippen LogP contribution in [0.25, 0.3) is 21.9 Å². The van der Waals surface area contributed by atoms with Crippen LogP contribution in [0.3, 0.4) is 0 Å². The second-order valence-electron chi connectivity index (χ2n) is 4.67. The summed E-state index contributed by atoms with van der Waals surface area (Å²) in [5.74, 6) is 0.245. The van der Waals surface area contributed by atoms with E-state index in [0.29, 0.717) is 12.4 Å². The molecule has 0 saturated heterocycles. The van der Waals surface area contributed by atoms with Crippen molar-refractivity contribution < 1.29 is 18.7 Å². The first-order valence-corrected chi connectivity index (χ1v) is 8.29. The maximum atomic E-state index is 11.9. The molecule has 4 nitrogen and oxygen atoms in total. The molecule has 3 aromatic rings. The van der Waals surface area contributed by atoms with Gasteiger partial charge in [0.2, 0.25) is 5.44 Å². The standard InChI is InChI=1S/C17H16O4S/c1-3-19-16(18)17(22-2)21-14-10-6-9-13-15(14)11-7-4-5-8-12(11)20-13/h4-10,17H,3H2,1-2H3. The van der Waals surface area contributed by atoms with Gasteiger partial charge in [-0.15, -0.1) is 11.8 Å². The number of ether oxygens (including phenoxy) is 2. The van der Waals surface area contributed by atoms with Crippen LogP contribution in [0.4, 0.5) is 0 Å². The molecule has 0 spiro atoms. The van der Waals surface area contributed by atoms with Crippen molar-refractivity contribution in [2.45, 2.75) is 12.4 Å². The predicted molar refractivity (Wildman–Crippen MR) is 88.3 cm³/mol. The van der Waals surface area contributed by atoms with Gasteiger partial charge in [0.25, 0.3) is 0 Å². The summed E-state index contributed by atoms with van der Waals surface area (Å²) in [5.41, 5.74) is 0.840. The number of rotatable bonds is 5. The molecular weight excluding hydrogens is 300 g/mol. The number of fused-ring (bicyclic) bond motifs is 3. The van der Waals surface area contributed by atoms with Crippen molar-refractivity contribution in [1.82, 2.24) is 0 Å². The quantitative estimate of drug-likeness (QED) is 0.521. The summed E-state index contributed by atoms with van der Waals surface area (Å²) < 4.78 is 16.7. The molecule has 0 aliphatic heterocycles. The molecule has 1 heterocycles. The Morgan fingerprint density at radius 1 is 1.18 bits per heavy atom. The van der Waals surface area contributed by atoms with Crippen LogP contribution >= 0.6 is 11.8 Å². The first-order valence-electron chi connectivity index (χ1n) is 7.01. The number of furan rings is 1. The van der Waals surface area contributed by atoms with Gasteiger partial charge in [-0.05, 0) is 31.4 Å². The van der Waals surface area contributed by atoms with Crippen molar-refractivity contribution in [3.8, 4) is 5.75 Å². The summed E-state index contributed by atoms with van der Waals surface area (Å²) in [6.07, 6.45) is 1.81. The Kier molecular flexibility index (Phi) is 4.24. The number of carbonyl (C=O) groups excluding carboxylic acids is 1. The van der Waals surface area contributed by atoms with Crippen LogP contribution < -0.4 is 4.74 Å². The summed E-state index contributed by atoms with van der Waals surface area (Å²) in [5, 5.41) is 1.85. The van der Waals surface area contributed by atoms with Crippen molar-refractivity contribution in [1.29, 1.82) is 0 Å². The lowest BCUT2D eigenvalue weighted by molar-refractivity contribution is -0.147. The Morgan fingerprint density at radius 3 is 2.73 bits per heavy atom. The minimum atomic E-state index is -0.695. The highest BCUT2D eigenvalue weighted by Crippen LogP contribution is 2.36. The van der Waals surface area contributed by atoms with Crippen LogP contribution in [0.2, 0.25) is 0 Å². The van der Waals surface area contributed by atoms with Crippen LogP contribution in [0.1, 0.15) is 6.92 Å². The molecule has 0 radical (unpaired) electrons. The zero-order valence-corrected chi connectivity index (χ0v) is 13.2. The molecule has 1 unspecified atom stereocenters. The highest BCUT2D eigenvalue weighted by molar-refractivity contribution is 7.99. The molecule has 0 aliphatic carbocycles. The largest absolute Gasteiger partial charge is 0.467 e. The zero-order valence-electron chi connectivity index (χ0n) is 12.4. The average molecular weight is 316 g/mol. The topological polar surface area (TPSA) is 48.7 Å². The highest BCUT2D eigenvalue weighted by atomic mass is 32.2. The molecular formula is C17H16O4S. The van der Waals surface area contributed by atoms with E-state index in [0.717, 1.165) is 21.9 Å². The van der Waals surface area contributed by atoms with E-state index in [4.69, 9.17) is 13.9 Å². The van der Waals surface area contributed by atoms with Crippen LogP contribution in [-0.2, 0) is 9.53 Å². The van der Waals surface area contributed by atoms with Crippen molar-refractivity contribution in [3.63, 3.8) is 0 Å². The van der Waals surface area contributed by atoms with E-state index in [1.165, 1.54) is 11.8 Å². The molecule has 114 valence electrons. The third-order valence-electron chi connectivity index (χ3n) is 3.29. The van der Waals surface area contributed by atoms with Crippen molar-refractivity contribution in [2.24, 2.45) is 0 Å². The van der Waals surface area contributed by atoms with E-state index >= 15 is 0 Å². The fraction of sp³-hybridized carbons (Fsp3) is 0.235. The van der Waals surface area contributed by atoms with Gasteiger partial charge in [-0.25, -0.2) is 4.79 Å². The maximum Gasteiger partial charge on any atom is 0.358 e. The number of carbonyl (C=O) groups is 1. The fourth-order valence-corrected chi connectivity index (χ4v) is 2.82. The van der Waals surface area contributed by atoms with Crippen LogP contribution in [-0.4, -0.2) is 24.3 Å². The molecule has 1 aromatic heterocycles. The summed E-state index contributed by atoms with van der Waals surface area (Å²) in [7, 11) is 0. The van der Waals surface area contributed by atoms with Crippen LogP contribution in [0.5, 0.6) is 5.75 Å². The van der Waals surface area contributed by atoms with Crippen molar-refractivity contribution in [3.05, 3.63) is 42.5 Å². The molecule has 0 saturated carbocycles. The molecule has 0 N–H and O–H groups in total. The second-order valence-corrected chi connectivity index (χ2v) is 5.56. The Labute approximate surface area is 132 Å². The van der Waals surface area contributed by atoms with Crippen molar-refractivity contribution >= 4 is 39.7 Å². The summed E-state index contributed by atoms with van der Waals surface area (Å²) in [4.78, 5) is 11.9. The van der Waals surface area contributed by atoms with E-state index < -0.39 is 5.44 Å². The summed E-state index contributed by atoms with van der Waals surface area (Å²) in [6.45, 7) is 2.11. The molecule has 0 amide bonds. The molecule has 2 aromatic carbocycles. The average Bonchev–Trinajstić information content (AvgIpc) is 2.92. The van der Waals surface area contributed by atoms with Crippen LogP contribution in [0, 0.1) is 0 Å². The number of esters is 1. The maximum absolute atomic E-state index is 11.9. The van der Waals surface area contributed by atoms with Crippen molar-refractivity contribution in [2.75, 3.05) is 12.9 Å². The van der Waals surface area contributed by atoms with Gasteiger partial charge >= 0.3 is 5.97 Å². The first kappa shape index (κ1) is 14.8. The minimum Gasteiger partial charge on any atom is -0.467 e. The van der Waals surface area contributed by atoms with Gasteiger partial charge in [-0.3, -0.25) is 0 Å². The summed E-state index contributed by atoms with van der Waals surface area (Å²) >= 11 is 1.30. The number of hydrogen-bond acceptors (Lipinski definition) is 5. The summed E-state index contributed by atoms with van der Waals surface area (Å²) in [6, 6.07) is 13.3. The normalized spacial score (nSPS) is 12.5. The number of hydrogen-bond donors (Lipinski definition) is 0. The van der Waals surface area contributed by atoms with E-state index in [-0.39, 0.29) is 5.97 Å². The lowest BCUT2D eigenvalue weighted by Gasteiger charge is -2.15. The minimum absolute atomic E-state index is 0.331. The van der Waals surface area contributed by atoms with E-state index in [9.17, 15) is 4.79 Å². The Hall–Kier alpha value is -2.14. The predicted octanol–water partition coefficient (Wildman–Crippen LogP) is 4.22. The van der Waals surface area contributed by atoms with Gasteiger partial charge < -0.3 is 13.9 Å². The van der Waals surface area contributed by atoms with Gasteiger partial charge in [0.1, 0.15) is 16.9 Å². The van der Waals surface area contributed by atoms with Gasteiger partial charge in [-0.2, -0.15) is 0 Å². The number of thioether (sulfide) groups is 1. The fourth-order valence-electron chi connectivity index (χ4n) is 2.36. The zero-order chi connectivity index (χ0) is 15.5. The van der Waals surface area contributed by atoms with E-state index in [1.807, 2.05) is 48.7 Å². The molecule has 0 bridgehead atoms. The highest BCUT2D eigenvalue weighted by Gasteiger charge is 2.22. The van der Waals surface area contributed by atoms with E-state index in [1.54, 1.807) is 6.92 Å².